The number of unbranched alkanes of at least 4 members (excludes halogenated alkanes) is 1. The number of alkyl halides is 4. The Balaban J connectivity index is 2.82. The molecule has 0 heterocycles. The summed E-state index contributed by atoms with van der Waals surface area (Å²) in [7, 11) is 0. The summed E-state index contributed by atoms with van der Waals surface area (Å²) in [5.74, 6) is -0.737. The van der Waals surface area contributed by atoms with E-state index in [1.165, 1.54) is 6.07 Å². The summed E-state index contributed by atoms with van der Waals surface area (Å²) >= 11 is 9.04. The zero-order valence-electron chi connectivity index (χ0n) is 9.77. The number of ketones is 1. The summed E-state index contributed by atoms with van der Waals surface area (Å²) < 4.78 is 40.0. The molecule has 0 aliphatic rings. The highest BCUT2D eigenvalue weighted by Crippen LogP contribution is 2.28. The molecule has 1 aromatic rings. The van der Waals surface area contributed by atoms with Gasteiger partial charge in [-0.15, -0.1) is 13.2 Å². The van der Waals surface area contributed by atoms with Gasteiger partial charge in [-0.2, -0.15) is 0 Å². The molecule has 1 aromatic carbocycles. The second-order valence-corrected chi connectivity index (χ2v) is 4.96. The first-order valence-corrected chi connectivity index (χ1v) is 6.98. The highest BCUT2D eigenvalue weighted by molar-refractivity contribution is 9.09. The van der Waals surface area contributed by atoms with Gasteiger partial charge in [0.2, 0.25) is 0 Å². The van der Waals surface area contributed by atoms with Gasteiger partial charge in [-0.1, -0.05) is 27.5 Å². The van der Waals surface area contributed by atoms with Crippen molar-refractivity contribution < 1.29 is 22.7 Å². The maximum absolute atomic E-state index is 12.1. The lowest BCUT2D eigenvalue weighted by Crippen LogP contribution is -2.17. The van der Waals surface area contributed by atoms with E-state index in [1.807, 2.05) is 0 Å². The van der Waals surface area contributed by atoms with Gasteiger partial charge < -0.3 is 4.74 Å². The Morgan fingerprint density at radius 2 is 2.00 bits per heavy atom. The topological polar surface area (TPSA) is 26.3 Å². The SMILES string of the molecule is O=C(CCCCBr)c1cc(OC(F)(F)F)ccc1Cl. The van der Waals surface area contributed by atoms with Crippen LogP contribution in [0.2, 0.25) is 5.02 Å². The Morgan fingerprint density at radius 3 is 2.58 bits per heavy atom. The molecule has 0 saturated heterocycles. The molecule has 0 aliphatic carbocycles. The van der Waals surface area contributed by atoms with Gasteiger partial charge in [0.15, 0.2) is 5.78 Å². The standard InChI is InChI=1S/C12H11BrClF3O2/c13-6-2-1-3-11(18)9-7-8(4-5-10(9)14)19-12(15,16)17/h4-5,7H,1-3,6H2. The van der Waals surface area contributed by atoms with Crippen molar-refractivity contribution in [3.63, 3.8) is 0 Å². The molecule has 7 heteroatoms. The second kappa shape index (κ2) is 7.14. The van der Waals surface area contributed by atoms with E-state index in [4.69, 9.17) is 11.6 Å². The van der Waals surface area contributed by atoms with Crippen molar-refractivity contribution in [3.8, 4) is 5.75 Å². The summed E-state index contributed by atoms with van der Waals surface area (Å²) in [6.45, 7) is 0. The Bertz CT molecular complexity index is 449. The number of halogens is 5. The third-order valence-electron chi connectivity index (χ3n) is 2.26. The zero-order valence-corrected chi connectivity index (χ0v) is 12.1. The molecule has 0 fully saturated rings. The number of carbonyl (C=O) groups is 1. The van der Waals surface area contributed by atoms with Crippen molar-refractivity contribution in [1.82, 2.24) is 0 Å². The monoisotopic (exact) mass is 358 g/mol. The van der Waals surface area contributed by atoms with Crippen LogP contribution in [0.5, 0.6) is 5.75 Å². The van der Waals surface area contributed by atoms with Crippen LogP contribution in [0.15, 0.2) is 18.2 Å². The second-order valence-electron chi connectivity index (χ2n) is 3.76. The number of ether oxygens (including phenoxy) is 1. The highest BCUT2D eigenvalue weighted by Gasteiger charge is 2.31. The van der Waals surface area contributed by atoms with Crippen LogP contribution in [0.4, 0.5) is 13.2 Å². The molecule has 0 bridgehead atoms. The van der Waals surface area contributed by atoms with E-state index >= 15 is 0 Å². The van der Waals surface area contributed by atoms with E-state index in [1.54, 1.807) is 0 Å². The first kappa shape index (κ1) is 16.3. The predicted octanol–water partition coefficient (Wildman–Crippen LogP) is 4.99. The molecule has 0 amide bonds. The van der Waals surface area contributed by atoms with Crippen molar-refractivity contribution >= 4 is 33.3 Å². The first-order chi connectivity index (χ1) is 8.83. The summed E-state index contributed by atoms with van der Waals surface area (Å²) in [5.41, 5.74) is 0.0537. The molecule has 2 nitrogen and oxygen atoms in total. The molecule has 0 spiro atoms. The molecule has 0 unspecified atom stereocenters. The van der Waals surface area contributed by atoms with E-state index < -0.39 is 12.1 Å². The van der Waals surface area contributed by atoms with Gasteiger partial charge in [-0.3, -0.25) is 4.79 Å². The normalized spacial score (nSPS) is 11.4. The van der Waals surface area contributed by atoms with Gasteiger partial charge >= 0.3 is 6.36 Å². The zero-order chi connectivity index (χ0) is 14.5. The smallest absolute Gasteiger partial charge is 0.406 e. The number of rotatable bonds is 6. The van der Waals surface area contributed by atoms with Crippen molar-refractivity contribution in [2.75, 3.05) is 5.33 Å². The molecule has 0 N–H and O–H groups in total. The molecule has 0 radical (unpaired) electrons. The van der Waals surface area contributed by atoms with Crippen LogP contribution in [0.3, 0.4) is 0 Å². The van der Waals surface area contributed by atoms with Gasteiger partial charge in [0.05, 0.1) is 5.02 Å². The van der Waals surface area contributed by atoms with E-state index in [-0.39, 0.29) is 22.8 Å². The minimum Gasteiger partial charge on any atom is -0.406 e. The predicted molar refractivity (Wildman–Crippen MR) is 70.1 cm³/mol. The third kappa shape index (κ3) is 5.82. The number of benzene rings is 1. The summed E-state index contributed by atoms with van der Waals surface area (Å²) in [5, 5.41) is 0.893. The third-order valence-corrected chi connectivity index (χ3v) is 3.15. The van der Waals surface area contributed by atoms with Gasteiger partial charge in [-0.05, 0) is 31.0 Å². The van der Waals surface area contributed by atoms with Crippen LogP contribution in [0, 0.1) is 0 Å². The molecular weight excluding hydrogens is 348 g/mol. The Hall–Kier alpha value is -0.750. The fourth-order valence-corrected chi connectivity index (χ4v) is 2.05. The van der Waals surface area contributed by atoms with Crippen LogP contribution >= 0.6 is 27.5 Å². The number of Topliss-reactive ketones (excluding diaryl/α,β-unsaturated/α-hetero) is 1. The quantitative estimate of drug-likeness (QED) is 0.406. The average Bonchev–Trinajstić information content (AvgIpc) is 2.30. The summed E-state index contributed by atoms with van der Waals surface area (Å²) in [6, 6.07) is 3.32. The van der Waals surface area contributed by atoms with E-state index in [9.17, 15) is 18.0 Å². The lowest BCUT2D eigenvalue weighted by Gasteiger charge is -2.10. The molecule has 0 aliphatic heterocycles. The lowest BCUT2D eigenvalue weighted by atomic mass is 10.1. The summed E-state index contributed by atoms with van der Waals surface area (Å²) in [4.78, 5) is 11.8. The number of hydrogen-bond acceptors (Lipinski definition) is 2. The van der Waals surface area contributed by atoms with Gasteiger partial charge in [0.25, 0.3) is 0 Å². The van der Waals surface area contributed by atoms with Gasteiger partial charge in [0, 0.05) is 17.3 Å². The van der Waals surface area contributed by atoms with Crippen LogP contribution in [-0.4, -0.2) is 17.5 Å². The first-order valence-electron chi connectivity index (χ1n) is 5.48. The maximum Gasteiger partial charge on any atom is 0.573 e. The Kier molecular flexibility index (Phi) is 6.13. The lowest BCUT2D eigenvalue weighted by molar-refractivity contribution is -0.274. The van der Waals surface area contributed by atoms with Crippen LogP contribution in [0.25, 0.3) is 0 Å². The fourth-order valence-electron chi connectivity index (χ4n) is 1.43. The van der Waals surface area contributed by atoms with Crippen LogP contribution < -0.4 is 4.74 Å². The molecule has 1 rings (SSSR count). The molecule has 106 valence electrons. The van der Waals surface area contributed by atoms with Crippen LogP contribution in [-0.2, 0) is 0 Å². The highest BCUT2D eigenvalue weighted by atomic mass is 79.9. The molecule has 19 heavy (non-hydrogen) atoms. The van der Waals surface area contributed by atoms with Crippen LogP contribution in [0.1, 0.15) is 29.6 Å². The van der Waals surface area contributed by atoms with Crippen molar-refractivity contribution in [2.45, 2.75) is 25.6 Å². The van der Waals surface area contributed by atoms with Crippen molar-refractivity contribution in [3.05, 3.63) is 28.8 Å². The minimum atomic E-state index is -4.79. The average molecular weight is 360 g/mol. The summed E-state index contributed by atoms with van der Waals surface area (Å²) in [6.07, 6.45) is -3.10. The van der Waals surface area contributed by atoms with Gasteiger partial charge in [0.1, 0.15) is 5.75 Å². The van der Waals surface area contributed by atoms with E-state index in [0.717, 1.165) is 23.9 Å². The molecule has 0 saturated carbocycles. The van der Waals surface area contributed by atoms with E-state index in [2.05, 4.69) is 20.7 Å². The largest absolute Gasteiger partial charge is 0.573 e. The fraction of sp³-hybridized carbons (Fsp3) is 0.417. The number of hydrogen-bond donors (Lipinski definition) is 0. The molecular formula is C12H11BrClF3O2. The Labute approximate surface area is 122 Å². The van der Waals surface area contributed by atoms with Crippen molar-refractivity contribution in [1.29, 1.82) is 0 Å². The molecule has 0 aromatic heterocycles. The van der Waals surface area contributed by atoms with Gasteiger partial charge in [-0.25, -0.2) is 0 Å². The Morgan fingerprint density at radius 1 is 1.32 bits per heavy atom. The molecule has 0 atom stereocenters. The minimum absolute atomic E-state index is 0.0537. The number of carbonyl (C=O) groups excluding carboxylic acids is 1. The van der Waals surface area contributed by atoms with Crippen molar-refractivity contribution in [2.24, 2.45) is 0 Å². The maximum atomic E-state index is 12.1. The van der Waals surface area contributed by atoms with E-state index in [0.29, 0.717) is 6.42 Å².